The van der Waals surface area contributed by atoms with Crippen molar-refractivity contribution in [3.8, 4) is 0 Å². The Hall–Kier alpha value is -1.64. The number of carboxylic acid groups (broad SMARTS) is 1. The number of carbonyl (C=O) groups excluding carboxylic acids is 1. The number of aldehydes is 1. The van der Waals surface area contributed by atoms with Crippen LogP contribution in [0.1, 0.15) is 71.1 Å². The molecule has 0 heterocycles. The number of hydrogen-bond acceptors (Lipinski definition) is 3. The molecule has 0 aromatic heterocycles. The summed E-state index contributed by atoms with van der Waals surface area (Å²) in [5, 5.41) is 17.7. The molecule has 0 aromatic rings. The van der Waals surface area contributed by atoms with Crippen LogP contribution in [0.3, 0.4) is 0 Å². The lowest BCUT2D eigenvalue weighted by atomic mass is 9.86. The van der Waals surface area contributed by atoms with Gasteiger partial charge < -0.3 is 15.0 Å². The van der Waals surface area contributed by atoms with E-state index in [0.29, 0.717) is 5.92 Å². The highest BCUT2D eigenvalue weighted by Gasteiger charge is 2.28. The average molecular weight is 348 g/mol. The van der Waals surface area contributed by atoms with E-state index in [1.807, 2.05) is 0 Å². The van der Waals surface area contributed by atoms with Gasteiger partial charge in [0.25, 0.3) is 0 Å². The summed E-state index contributed by atoms with van der Waals surface area (Å²) in [7, 11) is 0. The van der Waals surface area contributed by atoms with Crippen LogP contribution in [0, 0.1) is 11.8 Å². The molecule has 2 unspecified atom stereocenters. The number of aliphatic hydroxyl groups is 1. The molecule has 0 fully saturated rings. The highest BCUT2D eigenvalue weighted by molar-refractivity contribution is 5.74. The van der Waals surface area contributed by atoms with Gasteiger partial charge in [0.05, 0.1) is 0 Å². The maximum absolute atomic E-state index is 11.3. The Morgan fingerprint density at radius 1 is 1.32 bits per heavy atom. The fourth-order valence-corrected chi connectivity index (χ4v) is 3.40. The summed E-state index contributed by atoms with van der Waals surface area (Å²) in [6, 6.07) is 0. The van der Waals surface area contributed by atoms with Gasteiger partial charge in [0.1, 0.15) is 6.29 Å². The third-order valence-electron chi connectivity index (χ3n) is 4.89. The van der Waals surface area contributed by atoms with Crippen LogP contribution >= 0.6 is 0 Å². The van der Waals surface area contributed by atoms with Crippen molar-refractivity contribution in [3.63, 3.8) is 0 Å². The van der Waals surface area contributed by atoms with Crippen LogP contribution in [0.15, 0.2) is 29.5 Å². The zero-order chi connectivity index (χ0) is 18.5. The van der Waals surface area contributed by atoms with E-state index in [1.165, 1.54) is 44.1 Å². The molecule has 0 spiro atoms. The van der Waals surface area contributed by atoms with E-state index in [9.17, 15) is 9.59 Å². The zero-order valence-corrected chi connectivity index (χ0v) is 15.3. The zero-order valence-electron chi connectivity index (χ0n) is 15.3. The van der Waals surface area contributed by atoms with Crippen molar-refractivity contribution < 1.29 is 19.8 Å². The van der Waals surface area contributed by atoms with E-state index < -0.39 is 12.1 Å². The Labute approximate surface area is 151 Å². The maximum Gasteiger partial charge on any atom is 0.337 e. The van der Waals surface area contributed by atoms with Gasteiger partial charge in [-0.05, 0) is 50.2 Å². The summed E-state index contributed by atoms with van der Waals surface area (Å²) in [6.45, 7) is 2.22. The number of hydrogen-bond donors (Lipinski definition) is 2. The second-order valence-corrected chi connectivity index (χ2v) is 6.84. The van der Waals surface area contributed by atoms with Crippen molar-refractivity contribution in [3.05, 3.63) is 29.5 Å². The minimum absolute atomic E-state index is 0.0806. The minimum atomic E-state index is -1.51. The topological polar surface area (TPSA) is 74.6 Å². The lowest BCUT2D eigenvalue weighted by Crippen LogP contribution is -2.15. The molecule has 4 heteroatoms. The fourth-order valence-electron chi connectivity index (χ4n) is 3.40. The number of unbranched alkanes of at least 4 members (excludes halogenated alkanes) is 5. The van der Waals surface area contributed by atoms with Gasteiger partial charge in [-0.25, -0.2) is 4.79 Å². The van der Waals surface area contributed by atoms with Crippen molar-refractivity contribution >= 4 is 12.3 Å². The Kier molecular flexibility index (Phi) is 10.9. The Morgan fingerprint density at radius 2 is 2.04 bits per heavy atom. The minimum Gasteiger partial charge on any atom is -0.479 e. The van der Waals surface area contributed by atoms with Crippen LogP contribution in [-0.2, 0) is 9.59 Å². The highest BCUT2D eigenvalue weighted by Crippen LogP contribution is 2.37. The van der Waals surface area contributed by atoms with Crippen molar-refractivity contribution in [2.24, 2.45) is 11.8 Å². The van der Waals surface area contributed by atoms with E-state index in [4.69, 9.17) is 10.2 Å². The number of aliphatic hydroxyl groups excluding tert-OH is 1. The quantitative estimate of drug-likeness (QED) is 0.223. The van der Waals surface area contributed by atoms with Gasteiger partial charge in [-0.15, -0.1) is 5.73 Å². The van der Waals surface area contributed by atoms with Crippen molar-refractivity contribution in [2.45, 2.75) is 77.2 Å². The van der Waals surface area contributed by atoms with E-state index in [-0.39, 0.29) is 5.92 Å². The first-order chi connectivity index (χ1) is 12.1. The predicted octanol–water partition coefficient (Wildman–Crippen LogP) is 4.44. The Morgan fingerprint density at radius 3 is 2.72 bits per heavy atom. The summed E-state index contributed by atoms with van der Waals surface area (Å²) in [4.78, 5) is 21.8. The molecule has 4 nitrogen and oxygen atoms in total. The largest absolute Gasteiger partial charge is 0.479 e. The number of carboxylic acids is 1. The second-order valence-electron chi connectivity index (χ2n) is 6.84. The van der Waals surface area contributed by atoms with E-state index in [2.05, 4.69) is 18.7 Å². The van der Waals surface area contributed by atoms with Gasteiger partial charge in [-0.1, -0.05) is 50.7 Å². The normalized spacial score (nSPS) is 20.5. The first-order valence-electron chi connectivity index (χ1n) is 9.56. The first kappa shape index (κ1) is 21.4. The molecule has 1 aliphatic carbocycles. The summed E-state index contributed by atoms with van der Waals surface area (Å²) in [5.74, 6) is -0.894. The summed E-state index contributed by atoms with van der Waals surface area (Å²) >= 11 is 0. The molecule has 2 N–H and O–H groups in total. The standard InChI is InChI=1S/C21H32O4/c1-2-3-4-5-6-8-11-17-14-15-18(16-22)19(17)12-9-7-10-13-20(23)21(24)25/h7,13-14,16,18-20,23H,2-6,8-9,11-12,15H2,1H3,(H,24,25)/t10?,18?,19-,20?/m0/s1. The number of rotatable bonds is 13. The van der Waals surface area contributed by atoms with Gasteiger partial charge in [-0.2, -0.15) is 0 Å². The molecule has 1 aliphatic rings. The molecule has 25 heavy (non-hydrogen) atoms. The van der Waals surface area contributed by atoms with Crippen LogP contribution in [-0.4, -0.2) is 28.6 Å². The van der Waals surface area contributed by atoms with Gasteiger partial charge in [0.15, 0.2) is 6.10 Å². The van der Waals surface area contributed by atoms with E-state index in [1.54, 1.807) is 6.08 Å². The SMILES string of the molecule is CCCCCCCCC1=CCC(C=O)[C@H]1CCC=C=CC(O)C(=O)O. The third kappa shape index (κ3) is 8.33. The molecule has 3 atom stereocenters. The Bertz CT molecular complexity index is 500. The summed E-state index contributed by atoms with van der Waals surface area (Å²) in [6.07, 6.45) is 15.8. The van der Waals surface area contributed by atoms with Gasteiger partial charge in [0.2, 0.25) is 0 Å². The van der Waals surface area contributed by atoms with Crippen LogP contribution in [0.25, 0.3) is 0 Å². The summed E-state index contributed by atoms with van der Waals surface area (Å²) in [5.41, 5.74) is 4.13. The number of aliphatic carboxylic acids is 1. The molecule has 140 valence electrons. The Balaban J connectivity index is 2.39. The monoisotopic (exact) mass is 348 g/mol. The molecule has 0 bridgehead atoms. The number of carbonyl (C=O) groups is 2. The van der Waals surface area contributed by atoms with Crippen molar-refractivity contribution in [2.75, 3.05) is 0 Å². The molecule has 0 aliphatic heterocycles. The molecular formula is C21H32O4. The third-order valence-corrected chi connectivity index (χ3v) is 4.89. The maximum atomic E-state index is 11.3. The van der Waals surface area contributed by atoms with Gasteiger partial charge in [-0.3, -0.25) is 0 Å². The molecule has 1 rings (SSSR count). The lowest BCUT2D eigenvalue weighted by molar-refractivity contribution is -0.144. The smallest absolute Gasteiger partial charge is 0.337 e. The molecule has 0 amide bonds. The second kappa shape index (κ2) is 12.7. The average Bonchev–Trinajstić information content (AvgIpc) is 2.99. The highest BCUT2D eigenvalue weighted by atomic mass is 16.4. The fraction of sp³-hybridized carbons (Fsp3) is 0.667. The summed E-state index contributed by atoms with van der Waals surface area (Å²) < 4.78 is 0. The van der Waals surface area contributed by atoms with Crippen LogP contribution in [0.2, 0.25) is 0 Å². The van der Waals surface area contributed by atoms with Gasteiger partial charge >= 0.3 is 5.97 Å². The van der Waals surface area contributed by atoms with Crippen LogP contribution in [0.5, 0.6) is 0 Å². The van der Waals surface area contributed by atoms with Crippen LogP contribution in [0.4, 0.5) is 0 Å². The molecule has 0 aromatic carbocycles. The molecule has 0 radical (unpaired) electrons. The van der Waals surface area contributed by atoms with Crippen molar-refractivity contribution in [1.82, 2.24) is 0 Å². The first-order valence-corrected chi connectivity index (χ1v) is 9.56. The lowest BCUT2D eigenvalue weighted by Gasteiger charge is -2.18. The molecular weight excluding hydrogens is 316 g/mol. The van der Waals surface area contributed by atoms with Crippen molar-refractivity contribution in [1.29, 1.82) is 0 Å². The van der Waals surface area contributed by atoms with Crippen LogP contribution < -0.4 is 0 Å². The van der Waals surface area contributed by atoms with Gasteiger partial charge in [0, 0.05) is 5.92 Å². The molecule has 0 saturated carbocycles. The predicted molar refractivity (Wildman–Crippen MR) is 99.3 cm³/mol. The van der Waals surface area contributed by atoms with E-state index >= 15 is 0 Å². The van der Waals surface area contributed by atoms with E-state index in [0.717, 1.165) is 38.0 Å². The number of allylic oxidation sites excluding steroid dienone is 2. The molecule has 0 saturated heterocycles.